The summed E-state index contributed by atoms with van der Waals surface area (Å²) in [6.45, 7) is 2.25. The third-order valence-electron chi connectivity index (χ3n) is 5.29. The molecule has 1 amide bonds. The molecule has 4 rings (SSSR count). The average molecular weight is 475 g/mol. The van der Waals surface area contributed by atoms with E-state index in [4.69, 9.17) is 9.47 Å². The van der Waals surface area contributed by atoms with Crippen molar-refractivity contribution in [2.75, 3.05) is 14.2 Å². The molecule has 0 aliphatic rings. The number of nitrogens with zero attached hydrogens (tertiary/aromatic N) is 3. The van der Waals surface area contributed by atoms with E-state index in [-0.39, 0.29) is 11.2 Å². The lowest BCUT2D eigenvalue weighted by atomic mass is 10.2. The molecule has 8 heteroatoms. The highest BCUT2D eigenvalue weighted by Gasteiger charge is 2.22. The third-order valence-corrected chi connectivity index (χ3v) is 6.34. The van der Waals surface area contributed by atoms with Crippen LogP contribution in [0.3, 0.4) is 0 Å². The minimum absolute atomic E-state index is 0.0930. The molecule has 4 aromatic rings. The Labute approximate surface area is 203 Å². The van der Waals surface area contributed by atoms with Gasteiger partial charge in [0, 0.05) is 23.4 Å². The molecule has 0 bridgehead atoms. The molecule has 1 unspecified atom stereocenters. The quantitative estimate of drug-likeness (QED) is 0.353. The summed E-state index contributed by atoms with van der Waals surface area (Å²) in [6, 6.07) is 25.2. The lowest BCUT2D eigenvalue weighted by molar-refractivity contribution is -0.120. The van der Waals surface area contributed by atoms with Crippen molar-refractivity contribution < 1.29 is 14.3 Å². The molecule has 0 aliphatic carbocycles. The smallest absolute Gasteiger partial charge is 0.233 e. The standard InChI is InChI=1S/C26H26N4O3S/c1-18(25(31)27-17-20-9-7-8-12-23(20)33-3)34-26-29-28-24(19-13-15-22(32-2)16-14-19)30(26)21-10-5-4-6-11-21/h4-16,18H,17H2,1-3H3,(H,27,31). The summed E-state index contributed by atoms with van der Waals surface area (Å²) >= 11 is 1.36. The number of nitrogens with one attached hydrogen (secondary N) is 1. The van der Waals surface area contributed by atoms with E-state index < -0.39 is 0 Å². The van der Waals surface area contributed by atoms with Gasteiger partial charge >= 0.3 is 0 Å². The van der Waals surface area contributed by atoms with Crippen LogP contribution in [-0.2, 0) is 11.3 Å². The second-order valence-electron chi connectivity index (χ2n) is 7.50. The first kappa shape index (κ1) is 23.4. The van der Waals surface area contributed by atoms with Gasteiger partial charge in [-0.25, -0.2) is 0 Å². The highest BCUT2D eigenvalue weighted by atomic mass is 32.2. The van der Waals surface area contributed by atoms with Crippen molar-refractivity contribution in [1.82, 2.24) is 20.1 Å². The second-order valence-corrected chi connectivity index (χ2v) is 8.80. The molecule has 0 saturated carbocycles. The van der Waals surface area contributed by atoms with Gasteiger partial charge in [0.15, 0.2) is 11.0 Å². The number of para-hydroxylation sites is 2. The number of methoxy groups -OCH3 is 2. The average Bonchev–Trinajstić information content (AvgIpc) is 3.31. The van der Waals surface area contributed by atoms with Crippen LogP contribution in [0.5, 0.6) is 11.5 Å². The predicted octanol–water partition coefficient (Wildman–Crippen LogP) is 4.75. The molecule has 34 heavy (non-hydrogen) atoms. The number of thioether (sulfide) groups is 1. The number of rotatable bonds is 9. The Morgan fingerprint density at radius 2 is 1.65 bits per heavy atom. The Hall–Kier alpha value is -3.78. The highest BCUT2D eigenvalue weighted by Crippen LogP contribution is 2.31. The number of aromatic nitrogens is 3. The first-order chi connectivity index (χ1) is 16.6. The largest absolute Gasteiger partial charge is 0.497 e. The second kappa shape index (κ2) is 10.9. The maximum atomic E-state index is 12.9. The summed E-state index contributed by atoms with van der Waals surface area (Å²) in [5.74, 6) is 2.11. The van der Waals surface area contributed by atoms with Gasteiger partial charge in [0.05, 0.1) is 19.5 Å². The van der Waals surface area contributed by atoms with Gasteiger partial charge in [-0.15, -0.1) is 10.2 Å². The lowest BCUT2D eigenvalue weighted by Gasteiger charge is -2.15. The number of amides is 1. The Morgan fingerprint density at radius 1 is 0.941 bits per heavy atom. The Kier molecular flexibility index (Phi) is 7.49. The van der Waals surface area contributed by atoms with Gasteiger partial charge in [0.25, 0.3) is 0 Å². The number of hydrogen-bond donors (Lipinski definition) is 1. The number of ether oxygens (including phenoxy) is 2. The van der Waals surface area contributed by atoms with Crippen LogP contribution in [0.2, 0.25) is 0 Å². The molecule has 7 nitrogen and oxygen atoms in total. The number of hydrogen-bond acceptors (Lipinski definition) is 6. The van der Waals surface area contributed by atoms with Crippen LogP contribution in [0.4, 0.5) is 0 Å². The van der Waals surface area contributed by atoms with E-state index >= 15 is 0 Å². The zero-order chi connectivity index (χ0) is 23.9. The van der Waals surface area contributed by atoms with Gasteiger partial charge in [-0.05, 0) is 49.4 Å². The zero-order valence-electron chi connectivity index (χ0n) is 19.3. The Morgan fingerprint density at radius 3 is 2.35 bits per heavy atom. The van der Waals surface area contributed by atoms with Gasteiger partial charge < -0.3 is 14.8 Å². The van der Waals surface area contributed by atoms with Crippen molar-refractivity contribution in [2.24, 2.45) is 0 Å². The minimum Gasteiger partial charge on any atom is -0.497 e. The molecule has 0 spiro atoms. The van der Waals surface area contributed by atoms with Gasteiger partial charge in [-0.2, -0.15) is 0 Å². The summed E-state index contributed by atoms with van der Waals surface area (Å²) in [7, 11) is 3.26. The first-order valence-electron chi connectivity index (χ1n) is 10.8. The fourth-order valence-corrected chi connectivity index (χ4v) is 4.36. The van der Waals surface area contributed by atoms with Gasteiger partial charge in [-0.3, -0.25) is 9.36 Å². The van der Waals surface area contributed by atoms with E-state index in [1.807, 2.05) is 90.4 Å². The van der Waals surface area contributed by atoms with E-state index in [1.54, 1.807) is 14.2 Å². The molecule has 174 valence electrons. The number of carbonyl (C=O) groups is 1. The van der Waals surface area contributed by atoms with Crippen LogP contribution in [0.1, 0.15) is 12.5 Å². The molecule has 1 atom stereocenters. The van der Waals surface area contributed by atoms with Crippen molar-refractivity contribution in [3.05, 3.63) is 84.4 Å². The molecule has 0 saturated heterocycles. The van der Waals surface area contributed by atoms with E-state index in [1.165, 1.54) is 11.8 Å². The van der Waals surface area contributed by atoms with Crippen molar-refractivity contribution >= 4 is 17.7 Å². The summed E-state index contributed by atoms with van der Waals surface area (Å²) in [6.07, 6.45) is 0. The molecular formula is C26H26N4O3S. The van der Waals surface area contributed by atoms with Gasteiger partial charge in [0.1, 0.15) is 11.5 Å². The summed E-state index contributed by atoms with van der Waals surface area (Å²) in [5, 5.41) is 12.1. The molecule has 1 aromatic heterocycles. The van der Waals surface area contributed by atoms with Crippen molar-refractivity contribution in [2.45, 2.75) is 23.9 Å². The van der Waals surface area contributed by atoms with Crippen LogP contribution >= 0.6 is 11.8 Å². The number of carbonyl (C=O) groups excluding carboxylic acids is 1. The van der Waals surface area contributed by atoms with E-state index in [0.717, 1.165) is 28.3 Å². The summed E-state index contributed by atoms with van der Waals surface area (Å²) in [4.78, 5) is 12.9. The van der Waals surface area contributed by atoms with Crippen molar-refractivity contribution in [1.29, 1.82) is 0 Å². The van der Waals surface area contributed by atoms with Crippen molar-refractivity contribution in [3.63, 3.8) is 0 Å². The maximum Gasteiger partial charge on any atom is 0.233 e. The predicted molar refractivity (Wildman–Crippen MR) is 134 cm³/mol. The molecule has 0 aliphatic heterocycles. The lowest BCUT2D eigenvalue weighted by Crippen LogP contribution is -2.30. The summed E-state index contributed by atoms with van der Waals surface area (Å²) in [5.41, 5.74) is 2.74. The highest BCUT2D eigenvalue weighted by molar-refractivity contribution is 8.00. The molecule has 0 radical (unpaired) electrons. The normalized spacial score (nSPS) is 11.6. The van der Waals surface area contributed by atoms with Crippen LogP contribution in [0.15, 0.2) is 84.0 Å². The SMILES string of the molecule is COc1ccc(-c2nnc(SC(C)C(=O)NCc3ccccc3OC)n2-c2ccccc2)cc1. The molecular weight excluding hydrogens is 448 g/mol. The Balaban J connectivity index is 1.56. The Bertz CT molecular complexity index is 1240. The van der Waals surface area contributed by atoms with Crippen LogP contribution in [0.25, 0.3) is 17.1 Å². The third kappa shape index (κ3) is 5.23. The van der Waals surface area contributed by atoms with Crippen LogP contribution < -0.4 is 14.8 Å². The van der Waals surface area contributed by atoms with Gasteiger partial charge in [0.2, 0.25) is 5.91 Å². The van der Waals surface area contributed by atoms with E-state index in [0.29, 0.717) is 17.5 Å². The molecule has 1 heterocycles. The first-order valence-corrected chi connectivity index (χ1v) is 11.7. The van der Waals surface area contributed by atoms with Gasteiger partial charge in [-0.1, -0.05) is 48.2 Å². The van der Waals surface area contributed by atoms with E-state index in [9.17, 15) is 4.79 Å². The van der Waals surface area contributed by atoms with Crippen LogP contribution in [0, 0.1) is 0 Å². The van der Waals surface area contributed by atoms with Crippen molar-refractivity contribution in [3.8, 4) is 28.6 Å². The fraction of sp³-hybridized carbons (Fsp3) is 0.192. The topological polar surface area (TPSA) is 78.3 Å². The minimum atomic E-state index is -0.384. The molecule has 3 aromatic carbocycles. The maximum absolute atomic E-state index is 12.9. The molecule has 1 N–H and O–H groups in total. The number of benzene rings is 3. The van der Waals surface area contributed by atoms with E-state index in [2.05, 4.69) is 15.5 Å². The monoisotopic (exact) mass is 474 g/mol. The summed E-state index contributed by atoms with van der Waals surface area (Å²) < 4.78 is 12.6. The zero-order valence-corrected chi connectivity index (χ0v) is 20.1. The molecule has 0 fully saturated rings. The van der Waals surface area contributed by atoms with Crippen LogP contribution in [-0.4, -0.2) is 40.1 Å². The fourth-order valence-electron chi connectivity index (χ4n) is 3.47.